The molecule has 31 heavy (non-hydrogen) atoms. The van der Waals surface area contributed by atoms with Crippen LogP contribution in [-0.2, 0) is 20.9 Å². The van der Waals surface area contributed by atoms with E-state index in [0.717, 1.165) is 9.35 Å². The number of aromatic nitrogens is 4. The summed E-state index contributed by atoms with van der Waals surface area (Å²) in [6.07, 6.45) is 1.45. The standard InChI is InChI=1S/C17H17ClN6O4S3/c1-7-10(18)3-19-23(7)4-11(25)20-12-14(26)24-13(16(27)28)9(5-29-15(12)24)6-30-17-22-21-8(2)31-17/h3,12,15H,4-6H2,1-2H3,(H,20,25)(H,27,28). The van der Waals surface area contributed by atoms with Crippen molar-refractivity contribution in [3.05, 3.63) is 33.2 Å². The number of rotatable bonds is 7. The fraction of sp³-hybridized carbons (Fsp3) is 0.412. The monoisotopic (exact) mass is 500 g/mol. The van der Waals surface area contributed by atoms with E-state index in [4.69, 9.17) is 11.6 Å². The van der Waals surface area contributed by atoms with Gasteiger partial charge in [-0.25, -0.2) is 4.79 Å². The lowest BCUT2D eigenvalue weighted by Crippen LogP contribution is -2.70. The van der Waals surface area contributed by atoms with Gasteiger partial charge < -0.3 is 10.4 Å². The Bertz CT molecular complexity index is 1100. The molecular formula is C17H17ClN6O4S3. The van der Waals surface area contributed by atoms with E-state index >= 15 is 0 Å². The van der Waals surface area contributed by atoms with E-state index in [9.17, 15) is 19.5 Å². The van der Waals surface area contributed by atoms with Crippen molar-refractivity contribution in [3.8, 4) is 0 Å². The van der Waals surface area contributed by atoms with Gasteiger partial charge in [-0.15, -0.1) is 22.0 Å². The van der Waals surface area contributed by atoms with E-state index in [1.807, 2.05) is 6.92 Å². The van der Waals surface area contributed by atoms with E-state index in [-0.39, 0.29) is 12.2 Å². The number of carbonyl (C=O) groups excluding carboxylic acids is 2. The Hall–Kier alpha value is -2.09. The molecule has 2 amide bonds. The van der Waals surface area contributed by atoms with Crippen LogP contribution in [0.5, 0.6) is 0 Å². The summed E-state index contributed by atoms with van der Waals surface area (Å²) in [6, 6.07) is -0.779. The molecule has 2 aromatic rings. The van der Waals surface area contributed by atoms with Crippen molar-refractivity contribution in [1.82, 2.24) is 30.2 Å². The maximum atomic E-state index is 12.7. The van der Waals surface area contributed by atoms with Crippen LogP contribution in [0, 0.1) is 13.8 Å². The zero-order valence-corrected chi connectivity index (χ0v) is 19.6. The maximum absolute atomic E-state index is 12.7. The molecule has 2 aliphatic rings. The maximum Gasteiger partial charge on any atom is 0.352 e. The summed E-state index contributed by atoms with van der Waals surface area (Å²) < 4.78 is 2.19. The van der Waals surface area contributed by atoms with Crippen molar-refractivity contribution in [2.75, 3.05) is 11.5 Å². The number of carboxylic acids is 1. The zero-order valence-electron chi connectivity index (χ0n) is 16.4. The predicted molar refractivity (Wildman–Crippen MR) is 117 cm³/mol. The fourth-order valence-electron chi connectivity index (χ4n) is 3.22. The minimum atomic E-state index is -1.16. The van der Waals surface area contributed by atoms with E-state index in [0.29, 0.717) is 27.8 Å². The SMILES string of the molecule is Cc1nnc(SCC2=C(C(=O)O)N3C(=O)C(NC(=O)Cn4ncc(Cl)c4C)C3SC2)s1. The number of nitrogens with one attached hydrogen (secondary N) is 1. The van der Waals surface area contributed by atoms with Crippen molar-refractivity contribution < 1.29 is 19.5 Å². The van der Waals surface area contributed by atoms with Gasteiger partial charge in [0, 0.05) is 11.5 Å². The number of β-lactam (4-membered cyclic amide) rings is 1. The van der Waals surface area contributed by atoms with Gasteiger partial charge in [0.25, 0.3) is 5.91 Å². The van der Waals surface area contributed by atoms with Gasteiger partial charge in [0.1, 0.15) is 28.7 Å². The van der Waals surface area contributed by atoms with Crippen molar-refractivity contribution in [3.63, 3.8) is 0 Å². The summed E-state index contributed by atoms with van der Waals surface area (Å²) in [5.74, 6) is -1.14. The number of halogens is 1. The summed E-state index contributed by atoms with van der Waals surface area (Å²) in [6.45, 7) is 3.51. The summed E-state index contributed by atoms with van der Waals surface area (Å²) >= 11 is 10.2. The number of aliphatic carboxylic acids is 1. The topological polar surface area (TPSA) is 130 Å². The number of carbonyl (C=O) groups is 3. The van der Waals surface area contributed by atoms with Gasteiger partial charge in [-0.2, -0.15) is 5.10 Å². The first-order valence-electron chi connectivity index (χ1n) is 9.06. The smallest absolute Gasteiger partial charge is 0.352 e. The molecule has 0 bridgehead atoms. The van der Waals surface area contributed by atoms with Gasteiger partial charge in [0.15, 0.2) is 4.34 Å². The first-order valence-corrected chi connectivity index (χ1v) is 12.3. The lowest BCUT2D eigenvalue weighted by atomic mass is 10.0. The molecule has 10 nitrogen and oxygen atoms in total. The Labute approximate surface area is 194 Å². The van der Waals surface area contributed by atoms with Gasteiger partial charge in [0.2, 0.25) is 5.91 Å². The molecule has 1 saturated heterocycles. The van der Waals surface area contributed by atoms with Crippen LogP contribution in [-0.4, -0.2) is 70.7 Å². The van der Waals surface area contributed by atoms with Crippen LogP contribution in [0.1, 0.15) is 10.7 Å². The van der Waals surface area contributed by atoms with Crippen LogP contribution in [0.15, 0.2) is 21.8 Å². The highest BCUT2D eigenvalue weighted by atomic mass is 35.5. The Balaban J connectivity index is 1.43. The molecule has 0 saturated carbocycles. The highest BCUT2D eigenvalue weighted by molar-refractivity contribution is 8.01. The van der Waals surface area contributed by atoms with Crippen LogP contribution in [0.4, 0.5) is 0 Å². The molecule has 0 aromatic carbocycles. The van der Waals surface area contributed by atoms with Gasteiger partial charge in [0.05, 0.1) is 16.9 Å². The van der Waals surface area contributed by atoms with Crippen molar-refractivity contribution in [2.24, 2.45) is 0 Å². The Morgan fingerprint density at radius 3 is 2.77 bits per heavy atom. The largest absolute Gasteiger partial charge is 0.477 e. The minimum Gasteiger partial charge on any atom is -0.477 e. The molecule has 2 aromatic heterocycles. The minimum absolute atomic E-state index is 0.0114. The summed E-state index contributed by atoms with van der Waals surface area (Å²) in [4.78, 5) is 38.3. The van der Waals surface area contributed by atoms with Crippen LogP contribution < -0.4 is 5.32 Å². The molecule has 14 heteroatoms. The lowest BCUT2D eigenvalue weighted by Gasteiger charge is -2.49. The molecule has 0 spiro atoms. The van der Waals surface area contributed by atoms with Crippen LogP contribution in [0.3, 0.4) is 0 Å². The van der Waals surface area contributed by atoms with Crippen molar-refractivity contribution in [2.45, 2.75) is 36.1 Å². The molecule has 4 heterocycles. The van der Waals surface area contributed by atoms with Gasteiger partial charge >= 0.3 is 5.97 Å². The van der Waals surface area contributed by atoms with Crippen molar-refractivity contribution in [1.29, 1.82) is 0 Å². The molecule has 2 N–H and O–H groups in total. The number of fused-ring (bicyclic) bond motifs is 1. The fourth-order valence-corrected chi connectivity index (χ4v) is 6.66. The summed E-state index contributed by atoms with van der Waals surface area (Å²) in [5.41, 5.74) is 1.28. The molecule has 1 fully saturated rings. The molecule has 4 rings (SSSR count). The molecule has 2 atom stereocenters. The quantitative estimate of drug-likeness (QED) is 0.429. The summed E-state index contributed by atoms with van der Waals surface area (Å²) in [7, 11) is 0. The molecule has 0 radical (unpaired) electrons. The Kier molecular flexibility index (Phi) is 6.28. The van der Waals surface area contributed by atoms with Gasteiger partial charge in [-0.05, 0) is 19.4 Å². The molecule has 164 valence electrons. The third-order valence-corrected chi connectivity index (χ3v) is 8.55. The second-order valence-electron chi connectivity index (χ2n) is 6.82. The second kappa shape index (κ2) is 8.81. The zero-order chi connectivity index (χ0) is 22.3. The molecular weight excluding hydrogens is 484 g/mol. The van der Waals surface area contributed by atoms with Crippen LogP contribution >= 0.6 is 46.5 Å². The number of nitrogens with zero attached hydrogens (tertiary/aromatic N) is 5. The highest BCUT2D eigenvalue weighted by Gasteiger charge is 2.54. The number of hydrogen-bond acceptors (Lipinski definition) is 9. The highest BCUT2D eigenvalue weighted by Crippen LogP contribution is 2.41. The van der Waals surface area contributed by atoms with Crippen LogP contribution in [0.2, 0.25) is 5.02 Å². The average Bonchev–Trinajstić information content (AvgIpc) is 3.29. The average molecular weight is 501 g/mol. The molecule has 2 unspecified atom stereocenters. The van der Waals surface area contributed by atoms with Crippen LogP contribution in [0.25, 0.3) is 0 Å². The first kappa shape index (κ1) is 22.1. The normalized spacial score (nSPS) is 20.5. The van der Waals surface area contributed by atoms with E-state index in [2.05, 4.69) is 20.6 Å². The van der Waals surface area contributed by atoms with E-state index in [1.54, 1.807) is 6.92 Å². The number of carboxylic acid groups (broad SMARTS) is 1. The van der Waals surface area contributed by atoms with E-state index in [1.165, 1.54) is 50.6 Å². The number of hydrogen-bond donors (Lipinski definition) is 2. The molecule has 2 aliphatic heterocycles. The number of thioether (sulfide) groups is 2. The predicted octanol–water partition coefficient (Wildman–Crippen LogP) is 1.54. The number of amides is 2. The second-order valence-corrected chi connectivity index (χ2v) is 10.7. The third-order valence-electron chi connectivity index (χ3n) is 4.78. The Morgan fingerprint density at radius 1 is 1.39 bits per heavy atom. The summed E-state index contributed by atoms with van der Waals surface area (Å²) in [5, 5.41) is 25.3. The van der Waals surface area contributed by atoms with E-state index < -0.39 is 29.2 Å². The Morgan fingerprint density at radius 2 is 2.16 bits per heavy atom. The number of aryl methyl sites for hydroxylation is 1. The van der Waals surface area contributed by atoms with Gasteiger partial charge in [-0.1, -0.05) is 34.7 Å². The first-order chi connectivity index (χ1) is 14.8. The molecule has 0 aliphatic carbocycles. The third kappa shape index (κ3) is 4.31. The van der Waals surface area contributed by atoms with Crippen molar-refractivity contribution >= 4 is 64.2 Å². The lowest BCUT2D eigenvalue weighted by molar-refractivity contribution is -0.150. The van der Waals surface area contributed by atoms with Gasteiger partial charge in [-0.3, -0.25) is 19.2 Å².